The highest BCUT2D eigenvalue weighted by Crippen LogP contribution is 2.25. The summed E-state index contributed by atoms with van der Waals surface area (Å²) in [6, 6.07) is 11.1. The number of hydrogen-bond acceptors (Lipinski definition) is 4. The Kier molecular flexibility index (Phi) is 11.6. The minimum atomic E-state index is 0. The van der Waals surface area contributed by atoms with E-state index >= 15 is 0 Å². The van der Waals surface area contributed by atoms with E-state index in [1.165, 1.54) is 5.56 Å². The van der Waals surface area contributed by atoms with Gasteiger partial charge in [-0.25, -0.2) is 0 Å². The number of morpholine rings is 1. The number of aliphatic hydroxyl groups is 1. The summed E-state index contributed by atoms with van der Waals surface area (Å²) in [7, 11) is 0. The Hall–Kier alpha value is -0.900. The van der Waals surface area contributed by atoms with Crippen LogP contribution in [-0.4, -0.2) is 78.9 Å². The van der Waals surface area contributed by atoms with Crippen molar-refractivity contribution < 1.29 is 9.84 Å². The largest absolute Gasteiger partial charge is 0.396 e. The number of fused-ring (bicyclic) bond motifs is 1. The Bertz CT molecular complexity index is 658. The molecule has 0 aliphatic carbocycles. The number of aliphatic imine (C=N–C) groups is 1. The van der Waals surface area contributed by atoms with E-state index in [4.69, 9.17) is 9.73 Å². The van der Waals surface area contributed by atoms with E-state index in [0.29, 0.717) is 17.9 Å². The molecule has 0 saturated carbocycles. The van der Waals surface area contributed by atoms with Crippen molar-refractivity contribution in [1.29, 1.82) is 0 Å². The molecule has 2 N–H and O–H groups in total. The zero-order valence-electron chi connectivity index (χ0n) is 19.4. The highest BCUT2D eigenvalue weighted by Gasteiger charge is 2.41. The molecule has 2 aliphatic heterocycles. The van der Waals surface area contributed by atoms with Crippen LogP contribution in [0, 0.1) is 11.8 Å². The summed E-state index contributed by atoms with van der Waals surface area (Å²) in [6.45, 7) is 13.0. The molecule has 31 heavy (non-hydrogen) atoms. The highest BCUT2D eigenvalue weighted by molar-refractivity contribution is 14.0. The first kappa shape index (κ1) is 26.4. The number of halogens is 1. The maximum absolute atomic E-state index is 9.42. The van der Waals surface area contributed by atoms with Gasteiger partial charge < -0.3 is 20.1 Å². The number of guanidine groups is 1. The summed E-state index contributed by atoms with van der Waals surface area (Å²) in [6.07, 6.45) is 2.15. The summed E-state index contributed by atoms with van der Waals surface area (Å²) in [4.78, 5) is 9.92. The summed E-state index contributed by atoms with van der Waals surface area (Å²) in [5.74, 6) is 2.04. The molecule has 2 heterocycles. The summed E-state index contributed by atoms with van der Waals surface area (Å²) in [5, 5.41) is 12.9. The van der Waals surface area contributed by atoms with Crippen molar-refractivity contribution >= 4 is 29.9 Å². The van der Waals surface area contributed by atoms with Crippen LogP contribution in [0.4, 0.5) is 0 Å². The van der Waals surface area contributed by atoms with Gasteiger partial charge in [0.25, 0.3) is 0 Å². The van der Waals surface area contributed by atoms with Crippen LogP contribution in [0.1, 0.15) is 39.2 Å². The molecule has 6 nitrogen and oxygen atoms in total. The quantitative estimate of drug-likeness (QED) is 0.284. The van der Waals surface area contributed by atoms with Gasteiger partial charge in [-0.1, -0.05) is 44.2 Å². The first-order valence-corrected chi connectivity index (χ1v) is 11.6. The van der Waals surface area contributed by atoms with Gasteiger partial charge in [-0.15, -0.1) is 24.0 Å². The van der Waals surface area contributed by atoms with E-state index in [1.54, 1.807) is 0 Å². The standard InChI is InChI=1S/C24H40N4O2.HI/c1-4-25-24(26-15-21(10-12-29)14-19(2)3)28-17-22-23(18-28)30-13-11-27(22)16-20-8-6-5-7-9-20;/h5-9,19,21-23,29H,4,10-18H2,1-3H3,(H,25,26);1H. The Labute approximate surface area is 205 Å². The van der Waals surface area contributed by atoms with Crippen molar-refractivity contribution in [1.82, 2.24) is 15.1 Å². The van der Waals surface area contributed by atoms with Gasteiger partial charge in [-0.05, 0) is 37.2 Å². The fraction of sp³-hybridized carbons (Fsp3) is 0.708. The highest BCUT2D eigenvalue weighted by atomic mass is 127. The second kappa shape index (κ2) is 13.6. The molecule has 2 saturated heterocycles. The molecule has 2 aliphatic rings. The number of rotatable bonds is 9. The molecule has 3 atom stereocenters. The molecule has 0 radical (unpaired) electrons. The number of aliphatic hydroxyl groups excluding tert-OH is 1. The normalized spacial score (nSPS) is 22.9. The topological polar surface area (TPSA) is 60.3 Å². The predicted octanol–water partition coefficient (Wildman–Crippen LogP) is 3.20. The van der Waals surface area contributed by atoms with Gasteiger partial charge in [0.1, 0.15) is 0 Å². The van der Waals surface area contributed by atoms with E-state index in [0.717, 1.165) is 64.7 Å². The minimum Gasteiger partial charge on any atom is -0.396 e. The Balaban J connectivity index is 0.00000341. The van der Waals surface area contributed by atoms with E-state index in [2.05, 4.69) is 66.2 Å². The maximum atomic E-state index is 9.42. The van der Waals surface area contributed by atoms with E-state index < -0.39 is 0 Å². The number of likely N-dealkylation sites (tertiary alicyclic amines) is 1. The zero-order valence-corrected chi connectivity index (χ0v) is 21.7. The third-order valence-corrected chi connectivity index (χ3v) is 6.12. The van der Waals surface area contributed by atoms with Crippen molar-refractivity contribution in [3.8, 4) is 0 Å². The molecular formula is C24H41IN4O2. The van der Waals surface area contributed by atoms with Gasteiger partial charge in [0.05, 0.1) is 18.8 Å². The van der Waals surface area contributed by atoms with Gasteiger partial charge >= 0.3 is 0 Å². The average molecular weight is 545 g/mol. The second-order valence-corrected chi connectivity index (χ2v) is 9.04. The van der Waals surface area contributed by atoms with Crippen LogP contribution in [0.2, 0.25) is 0 Å². The monoisotopic (exact) mass is 544 g/mol. The van der Waals surface area contributed by atoms with Gasteiger partial charge in [-0.2, -0.15) is 0 Å². The molecule has 176 valence electrons. The Morgan fingerprint density at radius 1 is 1.26 bits per heavy atom. The number of nitrogens with one attached hydrogen (secondary N) is 1. The molecular weight excluding hydrogens is 503 g/mol. The number of hydrogen-bond donors (Lipinski definition) is 2. The number of nitrogens with zero attached hydrogens (tertiary/aromatic N) is 3. The van der Waals surface area contributed by atoms with E-state index in [-0.39, 0.29) is 36.7 Å². The molecule has 1 aromatic rings. The molecule has 3 unspecified atom stereocenters. The lowest BCUT2D eigenvalue weighted by Crippen LogP contribution is -2.50. The van der Waals surface area contributed by atoms with Crippen molar-refractivity contribution in [2.24, 2.45) is 16.8 Å². The van der Waals surface area contributed by atoms with Crippen molar-refractivity contribution in [3.63, 3.8) is 0 Å². The number of benzene rings is 1. The van der Waals surface area contributed by atoms with Crippen LogP contribution in [0.25, 0.3) is 0 Å². The smallest absolute Gasteiger partial charge is 0.194 e. The van der Waals surface area contributed by atoms with Crippen molar-refractivity contribution in [2.45, 2.75) is 52.3 Å². The summed E-state index contributed by atoms with van der Waals surface area (Å²) < 4.78 is 6.15. The zero-order chi connectivity index (χ0) is 21.3. The first-order valence-electron chi connectivity index (χ1n) is 11.6. The first-order chi connectivity index (χ1) is 14.6. The lowest BCUT2D eigenvalue weighted by atomic mass is 9.94. The third kappa shape index (κ3) is 7.87. The SMILES string of the molecule is CCNC(=NCC(CCO)CC(C)C)N1CC2OCCN(Cc3ccccc3)C2C1.I. The minimum absolute atomic E-state index is 0. The average Bonchev–Trinajstić information content (AvgIpc) is 3.17. The molecule has 0 aromatic heterocycles. The van der Waals surface area contributed by atoms with Crippen molar-refractivity contribution in [3.05, 3.63) is 35.9 Å². The Morgan fingerprint density at radius 3 is 2.71 bits per heavy atom. The molecule has 7 heteroatoms. The second-order valence-electron chi connectivity index (χ2n) is 9.04. The van der Waals surface area contributed by atoms with Gasteiger partial charge in [0.15, 0.2) is 5.96 Å². The molecule has 3 rings (SSSR count). The molecule has 0 spiro atoms. The van der Waals surface area contributed by atoms with Crippen LogP contribution < -0.4 is 5.32 Å². The molecule has 2 fully saturated rings. The van der Waals surface area contributed by atoms with Crippen LogP contribution >= 0.6 is 24.0 Å². The van der Waals surface area contributed by atoms with Gasteiger partial charge in [0, 0.05) is 45.9 Å². The van der Waals surface area contributed by atoms with Crippen LogP contribution in [-0.2, 0) is 11.3 Å². The summed E-state index contributed by atoms with van der Waals surface area (Å²) >= 11 is 0. The number of ether oxygens (including phenoxy) is 1. The van der Waals surface area contributed by atoms with Crippen LogP contribution in [0.5, 0.6) is 0 Å². The fourth-order valence-corrected chi connectivity index (χ4v) is 4.72. The molecule has 0 amide bonds. The lowest BCUT2D eigenvalue weighted by molar-refractivity contribution is -0.0502. The van der Waals surface area contributed by atoms with Crippen molar-refractivity contribution in [2.75, 3.05) is 45.9 Å². The van der Waals surface area contributed by atoms with Crippen LogP contribution in [0.3, 0.4) is 0 Å². The van der Waals surface area contributed by atoms with E-state index in [9.17, 15) is 5.11 Å². The maximum Gasteiger partial charge on any atom is 0.194 e. The lowest BCUT2D eigenvalue weighted by Gasteiger charge is -2.36. The van der Waals surface area contributed by atoms with Gasteiger partial charge in [0.2, 0.25) is 0 Å². The Morgan fingerprint density at radius 2 is 2.03 bits per heavy atom. The third-order valence-electron chi connectivity index (χ3n) is 6.12. The molecule has 0 bridgehead atoms. The van der Waals surface area contributed by atoms with E-state index in [1.807, 2.05) is 0 Å². The van der Waals surface area contributed by atoms with Crippen LogP contribution in [0.15, 0.2) is 35.3 Å². The predicted molar refractivity (Wildman–Crippen MR) is 138 cm³/mol. The summed E-state index contributed by atoms with van der Waals surface area (Å²) in [5.41, 5.74) is 1.36. The fourth-order valence-electron chi connectivity index (χ4n) is 4.72. The molecule has 1 aromatic carbocycles. The van der Waals surface area contributed by atoms with Gasteiger partial charge in [-0.3, -0.25) is 9.89 Å².